The zero-order chi connectivity index (χ0) is 26.6. The molecule has 1 saturated heterocycles. The number of hydrogen-bond donors (Lipinski definition) is 2. The van der Waals surface area contributed by atoms with Crippen molar-refractivity contribution in [3.8, 4) is 17.6 Å². The fourth-order valence-electron chi connectivity index (χ4n) is 4.75. The smallest absolute Gasteiger partial charge is 0.175 e. The second-order valence-corrected chi connectivity index (χ2v) is 12.3. The zero-order valence-electron chi connectivity index (χ0n) is 22.5. The molecule has 7 nitrogen and oxygen atoms in total. The van der Waals surface area contributed by atoms with Crippen LogP contribution in [0, 0.1) is 17.8 Å². The highest BCUT2D eigenvalue weighted by molar-refractivity contribution is 7.90. The van der Waals surface area contributed by atoms with E-state index in [0.717, 1.165) is 43.7 Å². The van der Waals surface area contributed by atoms with E-state index < -0.39 is 9.84 Å². The summed E-state index contributed by atoms with van der Waals surface area (Å²) < 4.78 is 31.6. The van der Waals surface area contributed by atoms with Crippen molar-refractivity contribution in [1.82, 2.24) is 9.47 Å². The fourth-order valence-corrected chi connectivity index (χ4v) is 5.40. The van der Waals surface area contributed by atoms with Crippen molar-refractivity contribution in [2.24, 2.45) is 5.92 Å². The lowest BCUT2D eigenvalue weighted by Crippen LogP contribution is -2.36. The Labute approximate surface area is 221 Å². The Bertz CT molecular complexity index is 1410. The van der Waals surface area contributed by atoms with Crippen LogP contribution in [0.15, 0.2) is 47.5 Å². The van der Waals surface area contributed by atoms with Gasteiger partial charge in [-0.2, -0.15) is 0 Å². The summed E-state index contributed by atoms with van der Waals surface area (Å²) in [5.41, 5.74) is 3.87. The molecule has 1 aliphatic rings. The number of anilines is 2. The van der Waals surface area contributed by atoms with Gasteiger partial charge in [-0.15, -0.1) is 0 Å². The zero-order valence-corrected chi connectivity index (χ0v) is 23.3. The molecule has 198 valence electrons. The molecule has 1 aromatic heterocycles. The lowest BCUT2D eigenvalue weighted by atomic mass is 10.0. The van der Waals surface area contributed by atoms with Gasteiger partial charge in [0.05, 0.1) is 29.8 Å². The van der Waals surface area contributed by atoms with Gasteiger partial charge < -0.3 is 24.8 Å². The van der Waals surface area contributed by atoms with E-state index >= 15 is 0 Å². The van der Waals surface area contributed by atoms with Crippen LogP contribution in [0.1, 0.15) is 32.3 Å². The SMILES string of the molecule is COc1ccc(S(C)(=O)=O)cc1NCC#Cc1cc(NC2CCN(C)CC2)c2ccn(CC(C)C)c2c1. The van der Waals surface area contributed by atoms with Crippen LogP contribution in [0.2, 0.25) is 0 Å². The van der Waals surface area contributed by atoms with E-state index in [1.807, 2.05) is 0 Å². The molecule has 3 aromatic rings. The van der Waals surface area contributed by atoms with Crippen LogP contribution in [0.4, 0.5) is 11.4 Å². The molecule has 0 amide bonds. The number of nitrogens with zero attached hydrogens (tertiary/aromatic N) is 2. The first-order valence-corrected chi connectivity index (χ1v) is 14.7. The van der Waals surface area contributed by atoms with Crippen molar-refractivity contribution in [3.05, 3.63) is 48.2 Å². The predicted octanol–water partition coefficient (Wildman–Crippen LogP) is 4.68. The van der Waals surface area contributed by atoms with Gasteiger partial charge in [-0.1, -0.05) is 25.7 Å². The minimum absolute atomic E-state index is 0.241. The average Bonchev–Trinajstić information content (AvgIpc) is 3.24. The number of methoxy groups -OCH3 is 1. The van der Waals surface area contributed by atoms with Crippen LogP contribution in [0.25, 0.3) is 10.9 Å². The van der Waals surface area contributed by atoms with Gasteiger partial charge in [0.15, 0.2) is 9.84 Å². The van der Waals surface area contributed by atoms with Crippen LogP contribution in [-0.2, 0) is 16.4 Å². The van der Waals surface area contributed by atoms with E-state index in [0.29, 0.717) is 29.9 Å². The summed E-state index contributed by atoms with van der Waals surface area (Å²) in [7, 11) is 0.425. The Morgan fingerprint density at radius 1 is 1.11 bits per heavy atom. The molecule has 1 fully saturated rings. The molecule has 37 heavy (non-hydrogen) atoms. The van der Waals surface area contributed by atoms with Gasteiger partial charge in [0, 0.05) is 41.7 Å². The van der Waals surface area contributed by atoms with E-state index in [4.69, 9.17) is 4.74 Å². The van der Waals surface area contributed by atoms with Gasteiger partial charge in [0.1, 0.15) is 5.75 Å². The Hall–Kier alpha value is -3.15. The molecule has 0 radical (unpaired) electrons. The molecule has 0 bridgehead atoms. The largest absolute Gasteiger partial charge is 0.495 e. The number of hydrogen-bond acceptors (Lipinski definition) is 6. The van der Waals surface area contributed by atoms with Crippen molar-refractivity contribution in [2.45, 2.75) is 44.2 Å². The van der Waals surface area contributed by atoms with E-state index in [2.05, 4.69) is 77.2 Å². The van der Waals surface area contributed by atoms with Crippen molar-refractivity contribution < 1.29 is 13.2 Å². The minimum atomic E-state index is -3.32. The molecule has 4 rings (SSSR count). The van der Waals surface area contributed by atoms with Crippen LogP contribution in [0.3, 0.4) is 0 Å². The predicted molar refractivity (Wildman–Crippen MR) is 152 cm³/mol. The van der Waals surface area contributed by atoms with Crippen LogP contribution < -0.4 is 15.4 Å². The number of sulfone groups is 1. The summed E-state index contributed by atoms with van der Waals surface area (Å²) >= 11 is 0. The highest BCUT2D eigenvalue weighted by Gasteiger charge is 2.18. The van der Waals surface area contributed by atoms with Gasteiger partial charge >= 0.3 is 0 Å². The van der Waals surface area contributed by atoms with E-state index in [-0.39, 0.29) is 4.90 Å². The van der Waals surface area contributed by atoms with Crippen LogP contribution in [-0.4, -0.2) is 64.0 Å². The maximum Gasteiger partial charge on any atom is 0.175 e. The van der Waals surface area contributed by atoms with Crippen molar-refractivity contribution >= 4 is 32.1 Å². The Balaban J connectivity index is 1.59. The fraction of sp³-hybridized carbons (Fsp3) is 0.448. The molecule has 0 atom stereocenters. The van der Waals surface area contributed by atoms with Crippen LogP contribution in [0.5, 0.6) is 5.75 Å². The summed E-state index contributed by atoms with van der Waals surface area (Å²) in [4.78, 5) is 2.62. The number of aromatic nitrogens is 1. The molecule has 0 aliphatic carbocycles. The number of piperidine rings is 1. The van der Waals surface area contributed by atoms with Crippen molar-refractivity contribution in [2.75, 3.05) is 50.7 Å². The summed E-state index contributed by atoms with van der Waals surface area (Å²) in [5, 5.41) is 8.25. The van der Waals surface area contributed by atoms with Gasteiger partial charge in [-0.25, -0.2) is 8.42 Å². The number of rotatable bonds is 8. The molecular weight excluding hydrogens is 484 g/mol. The summed E-state index contributed by atoms with van der Waals surface area (Å²) in [6.07, 6.45) is 5.61. The first-order chi connectivity index (χ1) is 17.6. The van der Waals surface area contributed by atoms with Crippen molar-refractivity contribution in [1.29, 1.82) is 0 Å². The molecule has 0 spiro atoms. The third-order valence-electron chi connectivity index (χ3n) is 6.73. The lowest BCUT2D eigenvalue weighted by Gasteiger charge is -2.30. The molecule has 0 saturated carbocycles. The van der Waals surface area contributed by atoms with E-state index in [1.165, 1.54) is 17.2 Å². The number of fused-ring (bicyclic) bond motifs is 1. The third-order valence-corrected chi connectivity index (χ3v) is 7.84. The Morgan fingerprint density at radius 3 is 2.54 bits per heavy atom. The molecule has 2 heterocycles. The Morgan fingerprint density at radius 2 is 1.86 bits per heavy atom. The summed E-state index contributed by atoms with van der Waals surface area (Å²) in [6, 6.07) is 11.8. The maximum atomic E-state index is 12.0. The van der Waals surface area contributed by atoms with Crippen LogP contribution >= 0.6 is 0 Å². The van der Waals surface area contributed by atoms with E-state index in [1.54, 1.807) is 25.3 Å². The summed E-state index contributed by atoms with van der Waals surface area (Å²) in [5.74, 6) is 7.63. The number of nitrogens with one attached hydrogen (secondary N) is 2. The number of benzene rings is 2. The third kappa shape index (κ3) is 6.79. The average molecular weight is 523 g/mol. The first kappa shape index (κ1) is 26.9. The van der Waals surface area contributed by atoms with Gasteiger partial charge in [0.25, 0.3) is 0 Å². The van der Waals surface area contributed by atoms with E-state index in [9.17, 15) is 8.42 Å². The minimum Gasteiger partial charge on any atom is -0.495 e. The molecule has 8 heteroatoms. The molecule has 0 unspecified atom stereocenters. The number of likely N-dealkylation sites (tertiary alicyclic amines) is 1. The first-order valence-electron chi connectivity index (χ1n) is 12.8. The van der Waals surface area contributed by atoms with Gasteiger partial charge in [-0.05, 0) is 75.3 Å². The quantitative estimate of drug-likeness (QED) is 0.419. The molecule has 1 aliphatic heterocycles. The molecule has 2 aromatic carbocycles. The lowest BCUT2D eigenvalue weighted by molar-refractivity contribution is 0.264. The highest BCUT2D eigenvalue weighted by Crippen LogP contribution is 2.30. The Kier molecular flexibility index (Phi) is 8.35. The van der Waals surface area contributed by atoms with Gasteiger partial charge in [0.2, 0.25) is 0 Å². The molecular formula is C29H38N4O3S. The maximum absolute atomic E-state index is 12.0. The topological polar surface area (TPSA) is 75.6 Å². The summed E-state index contributed by atoms with van der Waals surface area (Å²) in [6.45, 7) is 7.96. The standard InChI is InChI=1S/C29H38N4O3S/c1-21(2)20-33-16-12-25-26(31-23-10-14-32(3)15-11-23)17-22(18-28(25)33)7-6-13-30-27-19-24(37(5,34)35)8-9-29(27)36-4/h8-9,12,16-19,21,23,30-31H,10-11,13-15,20H2,1-5H3. The highest BCUT2D eigenvalue weighted by atomic mass is 32.2. The molecule has 2 N–H and O–H groups in total. The monoisotopic (exact) mass is 522 g/mol. The second kappa shape index (κ2) is 11.5. The second-order valence-electron chi connectivity index (χ2n) is 10.3. The normalized spacial score (nSPS) is 15.0. The van der Waals surface area contributed by atoms with Crippen molar-refractivity contribution in [3.63, 3.8) is 0 Å². The van der Waals surface area contributed by atoms with Gasteiger partial charge in [-0.3, -0.25) is 0 Å². The number of ether oxygens (including phenoxy) is 1.